The first kappa shape index (κ1) is 28.5. The lowest BCUT2D eigenvalue weighted by Gasteiger charge is -2.42. The van der Waals surface area contributed by atoms with Crippen LogP contribution in [0.1, 0.15) is 17.2 Å². The van der Waals surface area contributed by atoms with Crippen molar-refractivity contribution in [1.29, 1.82) is 0 Å². The van der Waals surface area contributed by atoms with E-state index < -0.39 is 88.2 Å². The van der Waals surface area contributed by atoms with Crippen molar-refractivity contribution in [2.45, 2.75) is 30.5 Å². The highest BCUT2D eigenvalue weighted by atomic mass is 16.6. The van der Waals surface area contributed by atoms with Crippen LogP contribution in [-0.2, 0) is 14.3 Å². The van der Waals surface area contributed by atoms with Gasteiger partial charge in [0.2, 0.25) is 5.43 Å². The third-order valence-electron chi connectivity index (χ3n) is 6.86. The predicted octanol–water partition coefficient (Wildman–Crippen LogP) is 0.959. The van der Waals surface area contributed by atoms with Crippen LogP contribution in [0, 0.1) is 0 Å². The quantitative estimate of drug-likeness (QED) is 0.0686. The molecule has 0 saturated carbocycles. The summed E-state index contributed by atoms with van der Waals surface area (Å²) in [6.07, 6.45) is -6.63. The van der Waals surface area contributed by atoms with Crippen molar-refractivity contribution in [2.24, 2.45) is 0 Å². The number of phenols is 6. The standard InChI is InChI=1S/C28H24O14/c29-9-19-24(37)28(42-20(35)4-2-10-1-3-12(30)13(31)5-10)26(39)27(41-19)21-16(34)8-18-22(25(21)38)23(36)11-6-14(32)15(33)7-17(11)40-18/h1-8,19,24,26-34,37-39H,9H2. The number of rotatable bonds is 5. The number of carbonyl (C=O) groups is 1. The largest absolute Gasteiger partial charge is 0.507 e. The summed E-state index contributed by atoms with van der Waals surface area (Å²) in [7, 11) is 0. The van der Waals surface area contributed by atoms with Gasteiger partial charge < -0.3 is 59.8 Å². The number of esters is 1. The van der Waals surface area contributed by atoms with E-state index in [0.29, 0.717) is 5.56 Å². The predicted molar refractivity (Wildman–Crippen MR) is 142 cm³/mol. The second-order valence-electron chi connectivity index (χ2n) is 9.54. The maximum Gasteiger partial charge on any atom is 0.331 e. The Morgan fingerprint density at radius 3 is 2.21 bits per heavy atom. The van der Waals surface area contributed by atoms with Crippen LogP contribution < -0.4 is 5.43 Å². The molecule has 0 aliphatic carbocycles. The molecule has 0 radical (unpaired) electrons. The lowest BCUT2D eigenvalue weighted by molar-refractivity contribution is -0.240. The molecule has 42 heavy (non-hydrogen) atoms. The van der Waals surface area contributed by atoms with Gasteiger partial charge in [0.25, 0.3) is 0 Å². The fourth-order valence-corrected chi connectivity index (χ4v) is 4.75. The van der Waals surface area contributed by atoms with E-state index in [-0.39, 0.29) is 22.3 Å². The molecule has 2 heterocycles. The zero-order valence-corrected chi connectivity index (χ0v) is 21.3. The van der Waals surface area contributed by atoms with Crippen LogP contribution in [0.5, 0.6) is 34.5 Å². The molecule has 4 aromatic rings. The molecule has 220 valence electrons. The Kier molecular flexibility index (Phi) is 7.30. The first-order valence-electron chi connectivity index (χ1n) is 12.3. The Labute approximate surface area is 234 Å². The third-order valence-corrected chi connectivity index (χ3v) is 6.86. The number of benzene rings is 3. The molecular weight excluding hydrogens is 560 g/mol. The van der Waals surface area contributed by atoms with Crippen LogP contribution in [0.3, 0.4) is 0 Å². The molecule has 1 aromatic heterocycles. The minimum Gasteiger partial charge on any atom is -0.507 e. The van der Waals surface area contributed by atoms with Gasteiger partial charge in [-0.15, -0.1) is 0 Å². The maximum absolute atomic E-state index is 13.2. The average molecular weight is 584 g/mol. The lowest BCUT2D eigenvalue weighted by Crippen LogP contribution is -2.56. The molecular formula is C28H24O14. The van der Waals surface area contributed by atoms with Gasteiger partial charge in [0, 0.05) is 18.2 Å². The summed E-state index contributed by atoms with van der Waals surface area (Å²) in [5.74, 6) is -4.76. The molecule has 3 aromatic carbocycles. The van der Waals surface area contributed by atoms with Gasteiger partial charge in [0.15, 0.2) is 29.1 Å². The number of carbonyl (C=O) groups excluding carboxylic acids is 1. The van der Waals surface area contributed by atoms with E-state index in [1.165, 1.54) is 18.2 Å². The van der Waals surface area contributed by atoms with Crippen LogP contribution in [0.2, 0.25) is 0 Å². The number of aliphatic hydroxyl groups excluding tert-OH is 3. The summed E-state index contributed by atoms with van der Waals surface area (Å²) < 4.78 is 16.3. The molecule has 9 N–H and O–H groups in total. The van der Waals surface area contributed by atoms with Crippen molar-refractivity contribution in [3.63, 3.8) is 0 Å². The van der Waals surface area contributed by atoms with Crippen molar-refractivity contribution in [2.75, 3.05) is 6.61 Å². The van der Waals surface area contributed by atoms with E-state index in [0.717, 1.165) is 30.3 Å². The molecule has 0 amide bonds. The van der Waals surface area contributed by atoms with Gasteiger partial charge in [-0.25, -0.2) is 4.79 Å². The van der Waals surface area contributed by atoms with Crippen LogP contribution >= 0.6 is 0 Å². The molecule has 0 bridgehead atoms. The Morgan fingerprint density at radius 2 is 1.52 bits per heavy atom. The van der Waals surface area contributed by atoms with E-state index in [1.807, 2.05) is 0 Å². The van der Waals surface area contributed by atoms with Crippen molar-refractivity contribution in [3.8, 4) is 34.5 Å². The Hall–Kier alpha value is -5.02. The highest BCUT2D eigenvalue weighted by molar-refractivity contribution is 5.96. The highest BCUT2D eigenvalue weighted by Gasteiger charge is 2.48. The summed E-state index contributed by atoms with van der Waals surface area (Å²) in [6, 6.07) is 6.53. The van der Waals surface area contributed by atoms with Crippen LogP contribution in [-0.4, -0.2) is 83.0 Å². The minimum atomic E-state index is -1.96. The maximum atomic E-state index is 13.2. The van der Waals surface area contributed by atoms with Gasteiger partial charge in [-0.2, -0.15) is 0 Å². The SMILES string of the molecule is O=C(C=Cc1ccc(O)c(O)c1)OC1C(O)C(CO)OC(c2c(O)cc3oc4cc(O)c(O)cc4c(=O)c3c2O)C1O. The number of hydrogen-bond acceptors (Lipinski definition) is 14. The van der Waals surface area contributed by atoms with Gasteiger partial charge in [-0.1, -0.05) is 6.07 Å². The van der Waals surface area contributed by atoms with Crippen molar-refractivity contribution in [1.82, 2.24) is 0 Å². The Morgan fingerprint density at radius 1 is 0.857 bits per heavy atom. The molecule has 1 saturated heterocycles. The molecule has 1 fully saturated rings. The summed E-state index contributed by atoms with van der Waals surface area (Å²) in [5.41, 5.74) is -1.63. The van der Waals surface area contributed by atoms with E-state index in [2.05, 4.69) is 0 Å². The van der Waals surface area contributed by atoms with Gasteiger partial charge in [-0.3, -0.25) is 4.79 Å². The smallest absolute Gasteiger partial charge is 0.331 e. The first-order valence-corrected chi connectivity index (χ1v) is 12.3. The topological polar surface area (TPSA) is 248 Å². The van der Waals surface area contributed by atoms with E-state index in [4.69, 9.17) is 13.9 Å². The van der Waals surface area contributed by atoms with Crippen molar-refractivity contribution < 1.29 is 64.6 Å². The lowest BCUT2D eigenvalue weighted by atomic mass is 9.89. The number of fused-ring (bicyclic) bond motifs is 2. The summed E-state index contributed by atoms with van der Waals surface area (Å²) >= 11 is 0. The van der Waals surface area contributed by atoms with Gasteiger partial charge in [-0.05, 0) is 29.8 Å². The normalized spacial score (nSPS) is 22.6. The minimum absolute atomic E-state index is 0.172. The fraction of sp³-hybridized carbons (Fsp3) is 0.214. The van der Waals surface area contributed by atoms with Crippen LogP contribution in [0.4, 0.5) is 0 Å². The van der Waals surface area contributed by atoms with E-state index >= 15 is 0 Å². The molecule has 5 atom stereocenters. The third kappa shape index (κ3) is 4.88. The van der Waals surface area contributed by atoms with Crippen molar-refractivity contribution >= 4 is 34.0 Å². The molecule has 1 aliphatic heterocycles. The number of ether oxygens (including phenoxy) is 2. The highest BCUT2D eigenvalue weighted by Crippen LogP contribution is 2.45. The monoisotopic (exact) mass is 584 g/mol. The van der Waals surface area contributed by atoms with Gasteiger partial charge in [0.1, 0.15) is 52.5 Å². The Bertz CT molecular complexity index is 1790. The second kappa shape index (κ2) is 10.8. The van der Waals surface area contributed by atoms with Crippen LogP contribution in [0.15, 0.2) is 51.7 Å². The van der Waals surface area contributed by atoms with E-state index in [9.17, 15) is 55.5 Å². The Balaban J connectivity index is 1.52. The molecule has 5 rings (SSSR count). The first-order chi connectivity index (χ1) is 19.9. The summed E-state index contributed by atoms with van der Waals surface area (Å²) in [6.45, 7) is -0.842. The van der Waals surface area contributed by atoms with Crippen molar-refractivity contribution in [3.05, 3.63) is 63.8 Å². The van der Waals surface area contributed by atoms with Gasteiger partial charge in [0.05, 0.1) is 17.6 Å². The molecule has 14 nitrogen and oxygen atoms in total. The summed E-state index contributed by atoms with van der Waals surface area (Å²) in [4.78, 5) is 25.8. The molecule has 14 heteroatoms. The number of phenolic OH excluding ortho intramolecular Hbond substituents is 6. The molecule has 5 unspecified atom stereocenters. The number of aliphatic hydroxyl groups is 3. The molecule has 1 aliphatic rings. The zero-order valence-electron chi connectivity index (χ0n) is 21.3. The zero-order chi connectivity index (χ0) is 30.5. The van der Waals surface area contributed by atoms with Crippen LogP contribution in [0.25, 0.3) is 28.0 Å². The molecule has 0 spiro atoms. The van der Waals surface area contributed by atoms with Gasteiger partial charge >= 0.3 is 5.97 Å². The fourth-order valence-electron chi connectivity index (χ4n) is 4.75. The second-order valence-corrected chi connectivity index (χ2v) is 9.54. The summed E-state index contributed by atoms with van der Waals surface area (Å²) in [5, 5.41) is 91.3. The number of hydrogen-bond donors (Lipinski definition) is 9. The average Bonchev–Trinajstić information content (AvgIpc) is 2.94. The number of aromatic hydroxyl groups is 6. The van der Waals surface area contributed by atoms with E-state index in [1.54, 1.807) is 0 Å².